The summed E-state index contributed by atoms with van der Waals surface area (Å²) < 4.78 is 0. The van der Waals surface area contributed by atoms with Gasteiger partial charge in [0, 0.05) is 23.5 Å². The first-order valence-corrected chi connectivity index (χ1v) is 10.9. The molecule has 1 unspecified atom stereocenters. The van der Waals surface area contributed by atoms with Crippen LogP contribution in [0.15, 0.2) is 6.07 Å². The number of phenols is 3. The molecule has 0 saturated heterocycles. The van der Waals surface area contributed by atoms with Gasteiger partial charge in [0.25, 0.3) is 0 Å². The molecule has 7 heteroatoms. The number of rotatable bonds is 6. The van der Waals surface area contributed by atoms with Crippen LogP contribution in [0.2, 0.25) is 0 Å². The maximum atomic E-state index is 13.4. The van der Waals surface area contributed by atoms with Crippen molar-refractivity contribution < 1.29 is 34.5 Å². The Kier molecular flexibility index (Phi) is 6.66. The summed E-state index contributed by atoms with van der Waals surface area (Å²) >= 11 is 0. The zero-order valence-corrected chi connectivity index (χ0v) is 20.1. The first kappa shape index (κ1) is 25.6. The van der Waals surface area contributed by atoms with Crippen LogP contribution in [0.1, 0.15) is 83.7 Å². The van der Waals surface area contributed by atoms with Crippen molar-refractivity contribution in [3.63, 3.8) is 0 Å². The fraction of sp³-hybridized carbons (Fsp3) is 0.600. The van der Waals surface area contributed by atoms with Crippen molar-refractivity contribution in [2.75, 3.05) is 0 Å². The first-order valence-electron chi connectivity index (χ1n) is 10.9. The average Bonchev–Trinajstić information content (AvgIpc) is 2.65. The Morgan fingerprint density at radius 2 is 1.38 bits per heavy atom. The van der Waals surface area contributed by atoms with Crippen LogP contribution < -0.4 is 0 Å². The van der Waals surface area contributed by atoms with Crippen LogP contribution in [0.3, 0.4) is 0 Å². The van der Waals surface area contributed by atoms with E-state index in [1.54, 1.807) is 13.8 Å². The minimum atomic E-state index is -1.43. The van der Waals surface area contributed by atoms with Crippen LogP contribution in [0.25, 0.3) is 0 Å². The maximum absolute atomic E-state index is 13.4. The molecular weight excluding hydrogens is 412 g/mol. The number of phenolic OH excluding ortho intramolecular Hbond substituents is 3. The van der Waals surface area contributed by atoms with Crippen LogP contribution in [0.4, 0.5) is 0 Å². The Hall–Kier alpha value is -2.70. The van der Waals surface area contributed by atoms with Gasteiger partial charge >= 0.3 is 0 Å². The van der Waals surface area contributed by atoms with Crippen LogP contribution in [-0.2, 0) is 14.4 Å². The van der Waals surface area contributed by atoms with Crippen molar-refractivity contribution in [1.82, 2.24) is 0 Å². The van der Waals surface area contributed by atoms with Gasteiger partial charge in [-0.2, -0.15) is 0 Å². The summed E-state index contributed by atoms with van der Waals surface area (Å²) in [6, 6.07) is 0.956. The quantitative estimate of drug-likeness (QED) is 0.442. The Morgan fingerprint density at radius 3 is 1.78 bits per heavy atom. The molecule has 1 aromatic rings. The number of carbonyl (C=O) groups is 4. The number of Topliss-reactive ketones (excluding diaryl/α,β-unsaturated/α-hetero) is 4. The molecule has 32 heavy (non-hydrogen) atoms. The minimum absolute atomic E-state index is 0.0543. The SMILES string of the molecule is CC(C)CC(c1c(O)cc(O)c(C(=O)C(C)C)c1O)C1C(=O)C(C)(C)C(=O)C(C)(C)C1=O. The molecule has 0 heterocycles. The molecule has 1 aromatic carbocycles. The lowest BCUT2D eigenvalue weighted by Gasteiger charge is -2.43. The lowest BCUT2D eigenvalue weighted by Crippen LogP contribution is -2.58. The molecule has 2 rings (SSSR count). The van der Waals surface area contributed by atoms with Crippen molar-refractivity contribution in [3.05, 3.63) is 17.2 Å². The molecular formula is C25H34O7. The maximum Gasteiger partial charge on any atom is 0.172 e. The summed E-state index contributed by atoms with van der Waals surface area (Å²) in [7, 11) is 0. The third-order valence-corrected chi connectivity index (χ3v) is 6.50. The molecule has 7 nitrogen and oxygen atoms in total. The van der Waals surface area contributed by atoms with Crippen molar-refractivity contribution >= 4 is 23.1 Å². The summed E-state index contributed by atoms with van der Waals surface area (Å²) in [6.45, 7) is 12.9. The highest BCUT2D eigenvalue weighted by Gasteiger charge is 2.60. The second kappa shape index (κ2) is 8.34. The number of hydrogen-bond acceptors (Lipinski definition) is 7. The van der Waals surface area contributed by atoms with Gasteiger partial charge in [-0.1, -0.05) is 27.7 Å². The average molecular weight is 447 g/mol. The molecule has 0 aliphatic heterocycles. The molecule has 1 aliphatic carbocycles. The van der Waals surface area contributed by atoms with E-state index >= 15 is 0 Å². The van der Waals surface area contributed by atoms with Gasteiger partial charge in [0.2, 0.25) is 0 Å². The fourth-order valence-electron chi connectivity index (χ4n) is 4.75. The van der Waals surface area contributed by atoms with Crippen molar-refractivity contribution in [3.8, 4) is 17.2 Å². The van der Waals surface area contributed by atoms with E-state index in [1.807, 2.05) is 13.8 Å². The Bertz CT molecular complexity index is 952. The lowest BCUT2D eigenvalue weighted by molar-refractivity contribution is -0.161. The predicted octanol–water partition coefficient (Wildman–Crippen LogP) is 4.16. The Balaban J connectivity index is 2.85. The van der Waals surface area contributed by atoms with E-state index in [4.69, 9.17) is 0 Å². The highest BCUT2D eigenvalue weighted by Crippen LogP contribution is 2.52. The van der Waals surface area contributed by atoms with E-state index in [0.717, 1.165) is 6.07 Å². The molecule has 0 spiro atoms. The molecule has 0 aromatic heterocycles. The van der Waals surface area contributed by atoms with Crippen molar-refractivity contribution in [1.29, 1.82) is 0 Å². The molecule has 176 valence electrons. The standard InChI is InChI=1S/C25H34O7/c1-11(2)9-13(17-21(30)24(5,6)23(32)25(7,8)22(17)31)16-14(26)10-15(27)18(20(16)29)19(28)12(3)4/h10-13,17,26-27,29H,9H2,1-8H3. The van der Waals surface area contributed by atoms with E-state index in [-0.39, 0.29) is 23.5 Å². The van der Waals surface area contributed by atoms with E-state index in [2.05, 4.69) is 0 Å². The van der Waals surface area contributed by atoms with Gasteiger partial charge in [0.05, 0.1) is 16.7 Å². The molecule has 0 bridgehead atoms. The second-order valence-corrected chi connectivity index (χ2v) is 10.6. The highest BCUT2D eigenvalue weighted by atomic mass is 16.3. The zero-order chi connectivity index (χ0) is 24.9. The minimum Gasteiger partial charge on any atom is -0.507 e. The van der Waals surface area contributed by atoms with Crippen LogP contribution in [0, 0.1) is 28.6 Å². The van der Waals surface area contributed by atoms with Gasteiger partial charge in [0.15, 0.2) is 23.1 Å². The summed E-state index contributed by atoms with van der Waals surface area (Å²) in [5.74, 6) is -6.81. The predicted molar refractivity (Wildman–Crippen MR) is 119 cm³/mol. The summed E-state index contributed by atoms with van der Waals surface area (Å²) in [6.07, 6.45) is 0.226. The van der Waals surface area contributed by atoms with E-state index in [1.165, 1.54) is 27.7 Å². The Labute approximate surface area is 188 Å². The monoisotopic (exact) mass is 446 g/mol. The normalized spacial score (nSPS) is 19.6. The second-order valence-electron chi connectivity index (χ2n) is 10.6. The van der Waals surface area contributed by atoms with Gasteiger partial charge in [-0.3, -0.25) is 19.2 Å². The third kappa shape index (κ3) is 3.93. The van der Waals surface area contributed by atoms with Crippen LogP contribution in [-0.4, -0.2) is 38.5 Å². The third-order valence-electron chi connectivity index (χ3n) is 6.50. The van der Waals surface area contributed by atoms with Gasteiger partial charge in [0.1, 0.15) is 22.8 Å². The van der Waals surface area contributed by atoms with Gasteiger partial charge in [-0.25, -0.2) is 0 Å². The Morgan fingerprint density at radius 1 is 0.906 bits per heavy atom. The van der Waals surface area contributed by atoms with Crippen molar-refractivity contribution in [2.45, 2.75) is 67.7 Å². The number of carbonyl (C=O) groups excluding carboxylic acids is 4. The first-order chi connectivity index (χ1) is 14.5. The molecule has 1 aliphatic rings. The largest absolute Gasteiger partial charge is 0.507 e. The van der Waals surface area contributed by atoms with Crippen molar-refractivity contribution in [2.24, 2.45) is 28.6 Å². The van der Waals surface area contributed by atoms with E-state index < -0.39 is 69.0 Å². The summed E-state index contributed by atoms with van der Waals surface area (Å²) in [5, 5.41) is 32.0. The molecule has 0 amide bonds. The van der Waals surface area contributed by atoms with E-state index in [0.29, 0.717) is 0 Å². The number of aromatic hydroxyl groups is 3. The topological polar surface area (TPSA) is 129 Å². The molecule has 3 N–H and O–H groups in total. The lowest BCUT2D eigenvalue weighted by atomic mass is 9.55. The summed E-state index contributed by atoms with van der Waals surface area (Å²) in [5.41, 5.74) is -3.36. The fourth-order valence-corrected chi connectivity index (χ4v) is 4.75. The molecule has 1 saturated carbocycles. The van der Waals surface area contributed by atoms with Gasteiger partial charge in [-0.05, 0) is 40.0 Å². The van der Waals surface area contributed by atoms with Gasteiger partial charge in [-0.15, -0.1) is 0 Å². The number of ketones is 4. The number of benzene rings is 1. The van der Waals surface area contributed by atoms with Crippen LogP contribution >= 0.6 is 0 Å². The highest BCUT2D eigenvalue weighted by molar-refractivity contribution is 6.28. The number of hydrogen-bond donors (Lipinski definition) is 3. The molecule has 1 atom stereocenters. The van der Waals surface area contributed by atoms with Gasteiger partial charge < -0.3 is 15.3 Å². The van der Waals surface area contributed by atoms with Crippen LogP contribution in [0.5, 0.6) is 17.2 Å². The smallest absolute Gasteiger partial charge is 0.172 e. The molecule has 0 radical (unpaired) electrons. The summed E-state index contributed by atoms with van der Waals surface area (Å²) in [4.78, 5) is 52.5. The molecule has 1 fully saturated rings. The zero-order valence-electron chi connectivity index (χ0n) is 20.1. The van der Waals surface area contributed by atoms with E-state index in [9.17, 15) is 34.5 Å².